The summed E-state index contributed by atoms with van der Waals surface area (Å²) < 4.78 is 10.8. The van der Waals surface area contributed by atoms with Gasteiger partial charge in [0.1, 0.15) is 11.6 Å². The number of H-pyrrole nitrogens is 1. The summed E-state index contributed by atoms with van der Waals surface area (Å²) in [6.07, 6.45) is 0.753. The minimum atomic E-state index is 0.217. The first-order valence-electron chi connectivity index (χ1n) is 7.58. The number of ether oxygens (including phenoxy) is 2. The van der Waals surface area contributed by atoms with E-state index in [2.05, 4.69) is 15.5 Å². The summed E-state index contributed by atoms with van der Waals surface area (Å²) in [4.78, 5) is 0. The van der Waals surface area contributed by atoms with E-state index in [9.17, 15) is 5.11 Å². The number of aromatic nitrogens is 2. The summed E-state index contributed by atoms with van der Waals surface area (Å²) >= 11 is 0. The highest BCUT2D eigenvalue weighted by Gasteiger charge is 2.27. The molecular weight excluding hydrogens is 306 g/mol. The molecule has 3 N–H and O–H groups in total. The molecule has 0 aliphatic heterocycles. The first-order chi connectivity index (χ1) is 11.7. The van der Waals surface area contributed by atoms with Gasteiger partial charge >= 0.3 is 0 Å². The highest BCUT2D eigenvalue weighted by molar-refractivity contribution is 5.81. The van der Waals surface area contributed by atoms with Gasteiger partial charge in [-0.2, -0.15) is 5.10 Å². The first-order valence-corrected chi connectivity index (χ1v) is 7.58. The highest BCUT2D eigenvalue weighted by Crippen LogP contribution is 2.44. The normalized spacial score (nSPS) is 11.8. The molecule has 6 nitrogen and oxygen atoms in total. The van der Waals surface area contributed by atoms with E-state index in [1.54, 1.807) is 32.4 Å². The van der Waals surface area contributed by atoms with Crippen LogP contribution in [0.1, 0.15) is 11.1 Å². The van der Waals surface area contributed by atoms with Crippen molar-refractivity contribution in [3.05, 3.63) is 47.5 Å². The minimum absolute atomic E-state index is 0.217. The molecule has 0 amide bonds. The summed E-state index contributed by atoms with van der Waals surface area (Å²) in [7, 11) is 3.26. The molecule has 3 aromatic rings. The molecular formula is C18H17N3O3. The quantitative estimate of drug-likeness (QED) is 0.536. The molecule has 6 heteroatoms. The molecule has 1 aliphatic rings. The molecule has 0 radical (unpaired) electrons. The Morgan fingerprint density at radius 3 is 2.67 bits per heavy atom. The van der Waals surface area contributed by atoms with Crippen LogP contribution in [0.2, 0.25) is 0 Å². The van der Waals surface area contributed by atoms with Gasteiger partial charge in [0.25, 0.3) is 0 Å². The fourth-order valence-corrected chi connectivity index (χ4v) is 3.07. The third kappa shape index (κ3) is 2.23. The Bertz CT molecular complexity index is 918. The van der Waals surface area contributed by atoms with Crippen molar-refractivity contribution in [1.82, 2.24) is 10.2 Å². The standard InChI is InChI=1S/C18H17N3O3/c1-23-15-7-10-6-14-17(13(10)9-16(15)24-2)20-21-18(14)19-11-4-3-5-12(22)8-11/h3-5,7-9,22H,6H2,1-2H3,(H2,19,20,21). The number of phenols is 1. The van der Waals surface area contributed by atoms with Gasteiger partial charge in [-0.15, -0.1) is 0 Å². The van der Waals surface area contributed by atoms with Gasteiger partial charge in [-0.05, 0) is 29.8 Å². The Morgan fingerprint density at radius 1 is 1.12 bits per heavy atom. The molecule has 2 aromatic carbocycles. The van der Waals surface area contributed by atoms with Crippen molar-refractivity contribution in [3.8, 4) is 28.5 Å². The molecule has 0 spiro atoms. The molecule has 24 heavy (non-hydrogen) atoms. The number of phenolic OH excluding ortho intramolecular Hbond substituents is 1. The summed E-state index contributed by atoms with van der Waals surface area (Å²) in [5.41, 5.74) is 4.99. The molecule has 1 aliphatic carbocycles. The van der Waals surface area contributed by atoms with E-state index in [4.69, 9.17) is 9.47 Å². The van der Waals surface area contributed by atoms with Crippen LogP contribution in [-0.4, -0.2) is 29.5 Å². The van der Waals surface area contributed by atoms with Crippen LogP contribution >= 0.6 is 0 Å². The molecule has 0 saturated carbocycles. The summed E-state index contributed by atoms with van der Waals surface area (Å²) in [6.45, 7) is 0. The Hall–Kier alpha value is -3.15. The Kier molecular flexibility index (Phi) is 3.30. The number of nitrogens with zero attached hydrogens (tertiary/aromatic N) is 1. The molecule has 122 valence electrons. The van der Waals surface area contributed by atoms with Crippen molar-refractivity contribution < 1.29 is 14.6 Å². The van der Waals surface area contributed by atoms with Crippen LogP contribution in [-0.2, 0) is 6.42 Å². The van der Waals surface area contributed by atoms with Crippen LogP contribution in [0.15, 0.2) is 36.4 Å². The van der Waals surface area contributed by atoms with Crippen LogP contribution in [0.3, 0.4) is 0 Å². The third-order valence-corrected chi connectivity index (χ3v) is 4.21. The first kappa shape index (κ1) is 14.4. The molecule has 0 fully saturated rings. The summed E-state index contributed by atoms with van der Waals surface area (Å²) in [5.74, 6) is 2.45. The molecule has 0 unspecified atom stereocenters. The number of methoxy groups -OCH3 is 2. The van der Waals surface area contributed by atoms with Crippen LogP contribution < -0.4 is 14.8 Å². The molecule has 0 saturated heterocycles. The van der Waals surface area contributed by atoms with Gasteiger partial charge in [-0.25, -0.2) is 0 Å². The number of hydrogen-bond acceptors (Lipinski definition) is 5. The lowest BCUT2D eigenvalue weighted by Gasteiger charge is -2.10. The van der Waals surface area contributed by atoms with Crippen LogP contribution in [0.25, 0.3) is 11.3 Å². The number of aromatic amines is 1. The second-order valence-electron chi connectivity index (χ2n) is 5.64. The predicted molar refractivity (Wildman–Crippen MR) is 91.3 cm³/mol. The van der Waals surface area contributed by atoms with E-state index < -0.39 is 0 Å². The van der Waals surface area contributed by atoms with E-state index >= 15 is 0 Å². The lowest BCUT2D eigenvalue weighted by atomic mass is 10.1. The molecule has 1 aromatic heterocycles. The SMILES string of the molecule is COc1cc2c(cc1OC)-c1n[nH]c(Nc3cccc(O)c3)c1C2. The van der Waals surface area contributed by atoms with Gasteiger partial charge < -0.3 is 19.9 Å². The highest BCUT2D eigenvalue weighted by atomic mass is 16.5. The zero-order valence-electron chi connectivity index (χ0n) is 13.4. The van der Waals surface area contributed by atoms with Crippen molar-refractivity contribution in [3.63, 3.8) is 0 Å². The maximum atomic E-state index is 9.60. The van der Waals surface area contributed by atoms with Gasteiger partial charge in [0.2, 0.25) is 0 Å². The fourth-order valence-electron chi connectivity index (χ4n) is 3.07. The Balaban J connectivity index is 1.71. The molecule has 4 rings (SSSR count). The number of fused-ring (bicyclic) bond motifs is 3. The average molecular weight is 323 g/mol. The topological polar surface area (TPSA) is 79.4 Å². The lowest BCUT2D eigenvalue weighted by Crippen LogP contribution is -1.95. The number of aromatic hydroxyl groups is 1. The Morgan fingerprint density at radius 2 is 1.92 bits per heavy atom. The molecule has 1 heterocycles. The number of hydrogen-bond donors (Lipinski definition) is 3. The van der Waals surface area contributed by atoms with Gasteiger partial charge in [0, 0.05) is 29.3 Å². The van der Waals surface area contributed by atoms with Crippen molar-refractivity contribution in [2.75, 3.05) is 19.5 Å². The van der Waals surface area contributed by atoms with Crippen molar-refractivity contribution in [2.45, 2.75) is 6.42 Å². The maximum absolute atomic E-state index is 9.60. The van der Waals surface area contributed by atoms with Gasteiger partial charge in [-0.1, -0.05) is 6.07 Å². The van der Waals surface area contributed by atoms with Crippen molar-refractivity contribution in [1.29, 1.82) is 0 Å². The fraction of sp³-hybridized carbons (Fsp3) is 0.167. The lowest BCUT2D eigenvalue weighted by molar-refractivity contribution is 0.355. The van der Waals surface area contributed by atoms with E-state index in [-0.39, 0.29) is 5.75 Å². The molecule has 0 atom stereocenters. The summed E-state index contributed by atoms with van der Waals surface area (Å²) in [6, 6.07) is 10.9. The van der Waals surface area contributed by atoms with Crippen molar-refractivity contribution >= 4 is 11.5 Å². The van der Waals surface area contributed by atoms with Crippen LogP contribution in [0, 0.1) is 0 Å². The van der Waals surface area contributed by atoms with Gasteiger partial charge in [0.05, 0.1) is 19.9 Å². The molecule has 0 bridgehead atoms. The smallest absolute Gasteiger partial charge is 0.161 e. The van der Waals surface area contributed by atoms with E-state index in [1.165, 1.54) is 0 Å². The summed E-state index contributed by atoms with van der Waals surface area (Å²) in [5, 5.41) is 20.4. The monoisotopic (exact) mass is 323 g/mol. The number of anilines is 2. The van der Waals surface area contributed by atoms with E-state index in [0.29, 0.717) is 11.5 Å². The van der Waals surface area contributed by atoms with Gasteiger partial charge in [-0.3, -0.25) is 5.10 Å². The number of benzene rings is 2. The zero-order valence-corrected chi connectivity index (χ0v) is 13.4. The zero-order chi connectivity index (χ0) is 16.7. The van der Waals surface area contributed by atoms with Crippen molar-refractivity contribution in [2.24, 2.45) is 0 Å². The van der Waals surface area contributed by atoms with Crippen LogP contribution in [0.5, 0.6) is 17.2 Å². The second kappa shape index (κ2) is 5.49. The Labute approximate surface area is 139 Å². The third-order valence-electron chi connectivity index (χ3n) is 4.21. The minimum Gasteiger partial charge on any atom is -0.508 e. The number of rotatable bonds is 4. The number of nitrogens with one attached hydrogen (secondary N) is 2. The van der Waals surface area contributed by atoms with E-state index in [1.807, 2.05) is 18.2 Å². The predicted octanol–water partition coefficient (Wildman–Crippen LogP) is 3.45. The average Bonchev–Trinajstić information content (AvgIpc) is 3.13. The van der Waals surface area contributed by atoms with Gasteiger partial charge in [0.15, 0.2) is 11.5 Å². The second-order valence-corrected chi connectivity index (χ2v) is 5.64. The largest absolute Gasteiger partial charge is 0.508 e. The maximum Gasteiger partial charge on any atom is 0.161 e. The van der Waals surface area contributed by atoms with Crippen LogP contribution in [0.4, 0.5) is 11.5 Å². The van der Waals surface area contributed by atoms with E-state index in [0.717, 1.165) is 40.3 Å².